The van der Waals surface area contributed by atoms with Crippen LogP contribution >= 0.6 is 0 Å². The number of aliphatic hydroxyl groups is 1. The van der Waals surface area contributed by atoms with Crippen LogP contribution in [0.1, 0.15) is 25.6 Å². The van der Waals surface area contributed by atoms with E-state index in [1.807, 2.05) is 29.0 Å². The molecule has 3 nitrogen and oxygen atoms in total. The molecule has 0 saturated heterocycles. The molecule has 2 aromatic heterocycles. The second-order valence-electron chi connectivity index (χ2n) is 5.75. The smallest absolute Gasteiger partial charge is 0.123 e. The average Bonchev–Trinajstić information content (AvgIpc) is 2.96. The summed E-state index contributed by atoms with van der Waals surface area (Å²) in [7, 11) is 0. The average molecular weight is 310 g/mol. The lowest BCUT2D eigenvalue weighted by Crippen LogP contribution is -2.04. The van der Waals surface area contributed by atoms with E-state index in [2.05, 4.69) is 18.8 Å². The van der Waals surface area contributed by atoms with Gasteiger partial charge >= 0.3 is 0 Å². The van der Waals surface area contributed by atoms with Crippen LogP contribution < -0.4 is 0 Å². The topological polar surface area (TPSA) is 38.0 Å². The van der Waals surface area contributed by atoms with Gasteiger partial charge in [-0.25, -0.2) is 4.39 Å². The molecule has 0 atom stereocenters. The SMILES string of the molecule is CC(C)n1cc(-c2ccccn2)c(-c2ccc(F)cc2)c1CO. The van der Waals surface area contributed by atoms with E-state index in [1.54, 1.807) is 18.3 Å². The van der Waals surface area contributed by atoms with E-state index >= 15 is 0 Å². The first-order valence-electron chi connectivity index (χ1n) is 7.63. The summed E-state index contributed by atoms with van der Waals surface area (Å²) in [5.74, 6) is -0.276. The van der Waals surface area contributed by atoms with E-state index in [0.717, 1.165) is 28.1 Å². The highest BCUT2D eigenvalue weighted by atomic mass is 19.1. The van der Waals surface area contributed by atoms with E-state index in [9.17, 15) is 9.50 Å². The van der Waals surface area contributed by atoms with Crippen LogP contribution in [0.3, 0.4) is 0 Å². The monoisotopic (exact) mass is 310 g/mol. The zero-order chi connectivity index (χ0) is 16.4. The number of hydrogen-bond acceptors (Lipinski definition) is 2. The Bertz CT molecular complexity index is 792. The predicted octanol–water partition coefficient (Wildman–Crippen LogP) is 4.43. The lowest BCUT2D eigenvalue weighted by atomic mass is 9.99. The Hall–Kier alpha value is -2.46. The quantitative estimate of drug-likeness (QED) is 0.774. The molecular weight excluding hydrogens is 291 g/mol. The second kappa shape index (κ2) is 6.34. The first kappa shape index (κ1) is 15.4. The first-order chi connectivity index (χ1) is 11.1. The Balaban J connectivity index is 2.28. The van der Waals surface area contributed by atoms with E-state index in [1.165, 1.54) is 12.1 Å². The zero-order valence-electron chi connectivity index (χ0n) is 13.2. The van der Waals surface area contributed by atoms with Gasteiger partial charge in [-0.05, 0) is 43.7 Å². The van der Waals surface area contributed by atoms with Gasteiger partial charge in [-0.1, -0.05) is 18.2 Å². The number of nitrogens with zero attached hydrogens (tertiary/aromatic N) is 2. The van der Waals surface area contributed by atoms with Gasteiger partial charge in [-0.15, -0.1) is 0 Å². The summed E-state index contributed by atoms with van der Waals surface area (Å²) in [6, 6.07) is 12.3. The van der Waals surface area contributed by atoms with Crippen LogP contribution in [0.15, 0.2) is 54.9 Å². The van der Waals surface area contributed by atoms with Crippen LogP contribution in [0.2, 0.25) is 0 Å². The molecule has 0 amide bonds. The Morgan fingerprint density at radius 3 is 2.43 bits per heavy atom. The first-order valence-corrected chi connectivity index (χ1v) is 7.63. The Kier molecular flexibility index (Phi) is 4.26. The van der Waals surface area contributed by atoms with Gasteiger partial charge in [0.15, 0.2) is 0 Å². The molecule has 3 rings (SSSR count). The summed E-state index contributed by atoms with van der Waals surface area (Å²) in [6.07, 6.45) is 3.76. The van der Waals surface area contributed by atoms with Gasteiger partial charge in [0.1, 0.15) is 5.82 Å². The van der Waals surface area contributed by atoms with Gasteiger partial charge in [0.05, 0.1) is 18.0 Å². The molecule has 0 aliphatic carbocycles. The van der Waals surface area contributed by atoms with Crippen molar-refractivity contribution in [3.05, 3.63) is 66.4 Å². The fourth-order valence-electron chi connectivity index (χ4n) is 2.84. The van der Waals surface area contributed by atoms with Crippen molar-refractivity contribution in [3.63, 3.8) is 0 Å². The fourth-order valence-corrected chi connectivity index (χ4v) is 2.84. The Morgan fingerprint density at radius 2 is 1.87 bits per heavy atom. The van der Waals surface area contributed by atoms with Crippen LogP contribution in [0.4, 0.5) is 4.39 Å². The van der Waals surface area contributed by atoms with Gasteiger partial charge in [0.25, 0.3) is 0 Å². The maximum atomic E-state index is 13.3. The number of hydrogen-bond donors (Lipinski definition) is 1. The molecule has 1 aromatic carbocycles. The number of aromatic nitrogens is 2. The van der Waals surface area contributed by atoms with E-state index in [-0.39, 0.29) is 18.5 Å². The van der Waals surface area contributed by atoms with E-state index in [0.29, 0.717) is 0 Å². The zero-order valence-corrected chi connectivity index (χ0v) is 13.2. The van der Waals surface area contributed by atoms with Crippen LogP contribution in [0.5, 0.6) is 0 Å². The molecular formula is C19H19FN2O. The van der Waals surface area contributed by atoms with Gasteiger partial charge in [-0.3, -0.25) is 4.98 Å². The molecule has 1 N–H and O–H groups in total. The maximum absolute atomic E-state index is 13.3. The summed E-state index contributed by atoms with van der Waals surface area (Å²) in [6.45, 7) is 4.04. The minimum absolute atomic E-state index is 0.0856. The fraction of sp³-hybridized carbons (Fsp3) is 0.211. The van der Waals surface area contributed by atoms with Gasteiger partial charge in [0.2, 0.25) is 0 Å². The Labute approximate surface area is 135 Å². The standard InChI is InChI=1S/C19H19FN2O/c1-13(2)22-11-16(17-5-3-4-10-21-17)19(18(22)12-23)14-6-8-15(20)9-7-14/h3-11,13,23H,12H2,1-2H3. The third kappa shape index (κ3) is 2.90. The molecule has 3 aromatic rings. The highest BCUT2D eigenvalue weighted by molar-refractivity contribution is 5.84. The summed E-state index contributed by atoms with van der Waals surface area (Å²) in [5.41, 5.74) is 4.36. The number of rotatable bonds is 4. The molecule has 0 aliphatic rings. The highest BCUT2D eigenvalue weighted by Gasteiger charge is 2.20. The van der Waals surface area contributed by atoms with Crippen molar-refractivity contribution >= 4 is 0 Å². The molecule has 0 spiro atoms. The Morgan fingerprint density at radius 1 is 1.13 bits per heavy atom. The second-order valence-corrected chi connectivity index (χ2v) is 5.75. The van der Waals surface area contributed by atoms with Crippen LogP contribution in [0.25, 0.3) is 22.4 Å². The number of pyridine rings is 1. The van der Waals surface area contributed by atoms with Crippen molar-refractivity contribution in [2.75, 3.05) is 0 Å². The molecule has 0 aliphatic heterocycles. The van der Waals surface area contributed by atoms with Crippen molar-refractivity contribution < 1.29 is 9.50 Å². The van der Waals surface area contributed by atoms with Gasteiger partial charge in [0, 0.05) is 29.6 Å². The van der Waals surface area contributed by atoms with Crippen LogP contribution in [-0.2, 0) is 6.61 Å². The summed E-state index contributed by atoms with van der Waals surface area (Å²) in [4.78, 5) is 4.43. The molecule has 4 heteroatoms. The van der Waals surface area contributed by atoms with E-state index < -0.39 is 0 Å². The minimum Gasteiger partial charge on any atom is -0.390 e. The number of aliphatic hydroxyl groups excluding tert-OH is 1. The van der Waals surface area contributed by atoms with Crippen molar-refractivity contribution in [2.45, 2.75) is 26.5 Å². The van der Waals surface area contributed by atoms with Gasteiger partial charge in [-0.2, -0.15) is 0 Å². The predicted molar refractivity (Wildman–Crippen MR) is 89.4 cm³/mol. The summed E-state index contributed by atoms with van der Waals surface area (Å²) < 4.78 is 15.3. The molecule has 23 heavy (non-hydrogen) atoms. The third-order valence-electron chi connectivity index (χ3n) is 3.92. The van der Waals surface area contributed by atoms with Gasteiger partial charge < -0.3 is 9.67 Å². The molecule has 0 radical (unpaired) electrons. The van der Waals surface area contributed by atoms with Crippen LogP contribution in [0, 0.1) is 5.82 Å². The molecule has 0 unspecified atom stereocenters. The summed E-state index contributed by atoms with van der Waals surface area (Å²) in [5, 5.41) is 9.91. The third-order valence-corrected chi connectivity index (χ3v) is 3.92. The lowest BCUT2D eigenvalue weighted by molar-refractivity contribution is 0.268. The van der Waals surface area contributed by atoms with Crippen LogP contribution in [-0.4, -0.2) is 14.7 Å². The molecule has 2 heterocycles. The molecule has 0 fully saturated rings. The largest absolute Gasteiger partial charge is 0.390 e. The lowest BCUT2D eigenvalue weighted by Gasteiger charge is -2.13. The minimum atomic E-state index is -0.276. The number of benzene rings is 1. The normalized spacial score (nSPS) is 11.2. The maximum Gasteiger partial charge on any atom is 0.123 e. The van der Waals surface area contributed by atoms with Crippen molar-refractivity contribution in [1.29, 1.82) is 0 Å². The molecule has 0 saturated carbocycles. The van der Waals surface area contributed by atoms with Crippen molar-refractivity contribution in [3.8, 4) is 22.4 Å². The molecule has 0 bridgehead atoms. The van der Waals surface area contributed by atoms with Crippen molar-refractivity contribution in [2.24, 2.45) is 0 Å². The number of halogens is 1. The molecule has 118 valence electrons. The summed E-state index contributed by atoms with van der Waals surface area (Å²) >= 11 is 0. The van der Waals surface area contributed by atoms with E-state index in [4.69, 9.17) is 0 Å². The van der Waals surface area contributed by atoms with Crippen molar-refractivity contribution in [1.82, 2.24) is 9.55 Å². The highest BCUT2D eigenvalue weighted by Crippen LogP contribution is 2.37.